The molecule has 0 aliphatic carbocycles. The number of aromatic nitrogens is 1. The Balaban J connectivity index is 2.65. The van der Waals surface area contributed by atoms with E-state index in [-0.39, 0.29) is 27.0 Å². The molecule has 19 heavy (non-hydrogen) atoms. The zero-order valence-corrected chi connectivity index (χ0v) is 11.3. The topological polar surface area (TPSA) is 39.2 Å². The predicted molar refractivity (Wildman–Crippen MR) is 71.0 cm³/mol. The lowest BCUT2D eigenvalue weighted by Crippen LogP contribution is -2.06. The summed E-state index contributed by atoms with van der Waals surface area (Å²) in [6, 6.07) is 7.11. The van der Waals surface area contributed by atoms with E-state index >= 15 is 0 Å². The first kappa shape index (κ1) is 13.8. The molecular formula is C13H8Cl2FNO2. The SMILES string of the molecule is COC(=O)c1ccc(F)c(-c2c(Cl)cccc2Cl)n1. The number of benzene rings is 1. The minimum absolute atomic E-state index is 0.0186. The molecule has 2 rings (SSSR count). The molecule has 6 heteroatoms. The molecule has 0 spiro atoms. The van der Waals surface area contributed by atoms with Crippen molar-refractivity contribution in [2.24, 2.45) is 0 Å². The number of hydrogen-bond donors (Lipinski definition) is 0. The van der Waals surface area contributed by atoms with Crippen molar-refractivity contribution >= 4 is 29.2 Å². The van der Waals surface area contributed by atoms with Crippen LogP contribution >= 0.6 is 23.2 Å². The van der Waals surface area contributed by atoms with Crippen LogP contribution < -0.4 is 0 Å². The molecular weight excluding hydrogens is 292 g/mol. The van der Waals surface area contributed by atoms with Crippen molar-refractivity contribution in [3.8, 4) is 11.3 Å². The number of halogens is 3. The quantitative estimate of drug-likeness (QED) is 0.787. The van der Waals surface area contributed by atoms with Crippen molar-refractivity contribution in [2.45, 2.75) is 0 Å². The van der Waals surface area contributed by atoms with Crippen LogP contribution in [0.25, 0.3) is 11.3 Å². The molecule has 0 saturated heterocycles. The summed E-state index contributed by atoms with van der Waals surface area (Å²) in [5.74, 6) is -1.29. The Morgan fingerprint density at radius 3 is 2.42 bits per heavy atom. The van der Waals surface area contributed by atoms with Crippen LogP contribution in [-0.4, -0.2) is 18.1 Å². The van der Waals surface area contributed by atoms with E-state index in [9.17, 15) is 9.18 Å². The van der Waals surface area contributed by atoms with Gasteiger partial charge in [-0.25, -0.2) is 14.2 Å². The van der Waals surface area contributed by atoms with Gasteiger partial charge in [0.05, 0.1) is 17.2 Å². The lowest BCUT2D eigenvalue weighted by molar-refractivity contribution is 0.0594. The Hall–Kier alpha value is -1.65. The highest BCUT2D eigenvalue weighted by Gasteiger charge is 2.17. The summed E-state index contributed by atoms with van der Waals surface area (Å²) in [4.78, 5) is 15.3. The second-order valence-corrected chi connectivity index (χ2v) is 4.43. The highest BCUT2D eigenvalue weighted by atomic mass is 35.5. The summed E-state index contributed by atoms with van der Waals surface area (Å²) in [7, 11) is 1.22. The van der Waals surface area contributed by atoms with E-state index in [4.69, 9.17) is 23.2 Å². The first-order valence-electron chi connectivity index (χ1n) is 5.24. The van der Waals surface area contributed by atoms with Crippen molar-refractivity contribution in [1.29, 1.82) is 0 Å². The average Bonchev–Trinajstić information content (AvgIpc) is 2.39. The summed E-state index contributed by atoms with van der Waals surface area (Å²) < 4.78 is 18.4. The van der Waals surface area contributed by atoms with E-state index in [0.29, 0.717) is 0 Å². The molecule has 0 atom stereocenters. The normalized spacial score (nSPS) is 10.3. The molecule has 1 aromatic heterocycles. The number of rotatable bonds is 2. The van der Waals surface area contributed by atoms with Crippen LogP contribution in [0.15, 0.2) is 30.3 Å². The summed E-state index contributed by atoms with van der Waals surface area (Å²) in [5, 5.41) is 0.502. The maximum Gasteiger partial charge on any atom is 0.356 e. The van der Waals surface area contributed by atoms with Gasteiger partial charge < -0.3 is 4.74 Å². The van der Waals surface area contributed by atoms with Crippen molar-refractivity contribution in [3.63, 3.8) is 0 Å². The van der Waals surface area contributed by atoms with Crippen LogP contribution in [0.2, 0.25) is 10.0 Å². The van der Waals surface area contributed by atoms with Crippen LogP contribution in [0.1, 0.15) is 10.5 Å². The van der Waals surface area contributed by atoms with Gasteiger partial charge in [-0.2, -0.15) is 0 Å². The molecule has 1 aromatic carbocycles. The van der Waals surface area contributed by atoms with Gasteiger partial charge >= 0.3 is 5.97 Å². The molecule has 2 aromatic rings. The number of nitrogens with zero attached hydrogens (tertiary/aromatic N) is 1. The average molecular weight is 300 g/mol. The minimum atomic E-state index is -0.663. The molecule has 0 unspecified atom stereocenters. The van der Waals surface area contributed by atoms with Crippen molar-refractivity contribution in [2.75, 3.05) is 7.11 Å². The predicted octanol–water partition coefficient (Wildman–Crippen LogP) is 3.98. The fourth-order valence-electron chi connectivity index (χ4n) is 1.56. The van der Waals surface area contributed by atoms with Crippen molar-refractivity contribution < 1.29 is 13.9 Å². The van der Waals surface area contributed by atoms with E-state index in [2.05, 4.69) is 9.72 Å². The number of methoxy groups -OCH3 is 1. The zero-order chi connectivity index (χ0) is 14.0. The number of ether oxygens (including phenoxy) is 1. The molecule has 98 valence electrons. The fourth-order valence-corrected chi connectivity index (χ4v) is 2.14. The summed E-state index contributed by atoms with van der Waals surface area (Å²) in [6.07, 6.45) is 0. The second-order valence-electron chi connectivity index (χ2n) is 3.62. The third kappa shape index (κ3) is 2.69. The number of carbonyl (C=O) groups excluding carboxylic acids is 1. The lowest BCUT2D eigenvalue weighted by atomic mass is 10.1. The molecule has 0 aliphatic heterocycles. The molecule has 0 radical (unpaired) electrons. The Morgan fingerprint density at radius 1 is 1.21 bits per heavy atom. The smallest absolute Gasteiger partial charge is 0.356 e. The van der Waals surface area contributed by atoms with E-state index in [0.717, 1.165) is 6.07 Å². The molecule has 3 nitrogen and oxygen atoms in total. The number of esters is 1. The van der Waals surface area contributed by atoms with Gasteiger partial charge in [0.1, 0.15) is 17.2 Å². The fraction of sp³-hybridized carbons (Fsp3) is 0.0769. The Morgan fingerprint density at radius 2 is 1.84 bits per heavy atom. The summed E-state index contributed by atoms with van der Waals surface area (Å²) >= 11 is 12.0. The van der Waals surface area contributed by atoms with Crippen LogP contribution in [0, 0.1) is 5.82 Å². The summed E-state index contributed by atoms with van der Waals surface area (Å²) in [6.45, 7) is 0. The number of pyridine rings is 1. The highest BCUT2D eigenvalue weighted by Crippen LogP contribution is 2.34. The van der Waals surface area contributed by atoms with Gasteiger partial charge in [-0.3, -0.25) is 0 Å². The second kappa shape index (κ2) is 5.55. The molecule has 0 amide bonds. The maximum absolute atomic E-state index is 13.9. The monoisotopic (exact) mass is 299 g/mol. The molecule has 1 heterocycles. The van der Waals surface area contributed by atoms with E-state index < -0.39 is 11.8 Å². The standard InChI is InChI=1S/C13H8Cl2FNO2/c1-19-13(18)10-6-5-9(16)12(17-10)11-7(14)3-2-4-8(11)15/h2-6H,1H3. The molecule has 0 N–H and O–H groups in total. The van der Waals surface area contributed by atoms with Crippen LogP contribution in [-0.2, 0) is 4.74 Å². The first-order chi connectivity index (χ1) is 9.04. The van der Waals surface area contributed by atoms with Gasteiger partial charge in [0, 0.05) is 5.56 Å². The maximum atomic E-state index is 13.9. The van der Waals surface area contributed by atoms with E-state index in [1.807, 2.05) is 0 Å². The van der Waals surface area contributed by atoms with Crippen molar-refractivity contribution in [1.82, 2.24) is 4.98 Å². The highest BCUT2D eigenvalue weighted by molar-refractivity contribution is 6.39. The minimum Gasteiger partial charge on any atom is -0.464 e. The van der Waals surface area contributed by atoms with Crippen LogP contribution in [0.4, 0.5) is 4.39 Å². The molecule has 0 bridgehead atoms. The zero-order valence-electron chi connectivity index (χ0n) is 9.78. The van der Waals surface area contributed by atoms with Gasteiger partial charge in [-0.1, -0.05) is 29.3 Å². The third-order valence-corrected chi connectivity index (χ3v) is 3.07. The van der Waals surface area contributed by atoms with E-state index in [1.165, 1.54) is 13.2 Å². The van der Waals surface area contributed by atoms with Gasteiger partial charge in [-0.15, -0.1) is 0 Å². The first-order valence-corrected chi connectivity index (χ1v) is 5.99. The van der Waals surface area contributed by atoms with Crippen LogP contribution in [0.5, 0.6) is 0 Å². The van der Waals surface area contributed by atoms with Gasteiger partial charge in [0.15, 0.2) is 0 Å². The largest absolute Gasteiger partial charge is 0.464 e. The Kier molecular flexibility index (Phi) is 4.02. The van der Waals surface area contributed by atoms with Crippen molar-refractivity contribution in [3.05, 3.63) is 51.9 Å². The number of carbonyl (C=O) groups is 1. The molecule has 0 saturated carbocycles. The Bertz CT molecular complexity index is 626. The third-order valence-electron chi connectivity index (χ3n) is 2.44. The molecule has 0 fully saturated rings. The summed E-state index contributed by atoms with van der Waals surface area (Å²) in [5.41, 5.74) is 0.141. The van der Waals surface area contributed by atoms with Gasteiger partial charge in [-0.05, 0) is 24.3 Å². The lowest BCUT2D eigenvalue weighted by Gasteiger charge is -2.08. The van der Waals surface area contributed by atoms with Gasteiger partial charge in [0.2, 0.25) is 0 Å². The van der Waals surface area contributed by atoms with Gasteiger partial charge in [0.25, 0.3) is 0 Å². The Labute approximate surface area is 118 Å². The van der Waals surface area contributed by atoms with E-state index in [1.54, 1.807) is 18.2 Å². The molecule has 0 aliphatic rings. The number of hydrogen-bond acceptors (Lipinski definition) is 3. The van der Waals surface area contributed by atoms with Crippen LogP contribution in [0.3, 0.4) is 0 Å².